The molecule has 1 rings (SSSR count). The minimum atomic E-state index is -4.42. The lowest BCUT2D eigenvalue weighted by Crippen LogP contribution is -2.20. The van der Waals surface area contributed by atoms with Crippen LogP contribution in [-0.2, 0) is 4.74 Å². The number of halogens is 4. The molecule has 3 nitrogen and oxygen atoms in total. The lowest BCUT2D eigenvalue weighted by Gasteiger charge is -2.15. The summed E-state index contributed by atoms with van der Waals surface area (Å²) >= 11 is 0. The molecular formula is C14H19F4NO2. The van der Waals surface area contributed by atoms with Crippen molar-refractivity contribution in [3.63, 3.8) is 0 Å². The van der Waals surface area contributed by atoms with E-state index in [1.54, 1.807) is 6.07 Å². The third-order valence-corrected chi connectivity index (χ3v) is 2.72. The molecule has 0 aliphatic carbocycles. The van der Waals surface area contributed by atoms with Crippen LogP contribution >= 0.6 is 0 Å². The van der Waals surface area contributed by atoms with E-state index >= 15 is 0 Å². The maximum atomic E-state index is 13.8. The van der Waals surface area contributed by atoms with E-state index in [1.165, 1.54) is 12.1 Å². The lowest BCUT2D eigenvalue weighted by molar-refractivity contribution is -0.187. The van der Waals surface area contributed by atoms with Gasteiger partial charge in [0.2, 0.25) is 0 Å². The van der Waals surface area contributed by atoms with E-state index in [0.29, 0.717) is 0 Å². The Balaban J connectivity index is 2.50. The normalized spacial score (nSPS) is 13.2. The van der Waals surface area contributed by atoms with E-state index in [4.69, 9.17) is 4.74 Å². The van der Waals surface area contributed by atoms with Crippen molar-refractivity contribution in [2.24, 2.45) is 0 Å². The molecule has 0 aliphatic rings. The highest BCUT2D eigenvalue weighted by atomic mass is 19.4. The molecule has 0 bridgehead atoms. The maximum absolute atomic E-state index is 13.8. The molecule has 0 aromatic heterocycles. The Morgan fingerprint density at radius 1 is 1.29 bits per heavy atom. The van der Waals surface area contributed by atoms with E-state index in [9.17, 15) is 17.6 Å². The molecule has 0 radical (unpaired) electrons. The molecule has 0 saturated heterocycles. The van der Waals surface area contributed by atoms with Crippen LogP contribution in [0, 0.1) is 5.82 Å². The molecule has 0 heterocycles. The van der Waals surface area contributed by atoms with Gasteiger partial charge in [0.1, 0.15) is 6.61 Å². The summed E-state index contributed by atoms with van der Waals surface area (Å²) in [7, 11) is 0. The van der Waals surface area contributed by atoms with Gasteiger partial charge in [-0.1, -0.05) is 13.0 Å². The predicted molar refractivity (Wildman–Crippen MR) is 70.6 cm³/mol. The smallest absolute Gasteiger partial charge is 0.411 e. The van der Waals surface area contributed by atoms with Gasteiger partial charge >= 0.3 is 6.18 Å². The zero-order valence-corrected chi connectivity index (χ0v) is 12.0. The molecule has 0 fully saturated rings. The second-order valence-corrected chi connectivity index (χ2v) is 4.59. The van der Waals surface area contributed by atoms with E-state index in [2.05, 4.69) is 10.1 Å². The number of nitrogens with one attached hydrogen (secondary N) is 1. The average molecular weight is 309 g/mol. The van der Waals surface area contributed by atoms with Gasteiger partial charge < -0.3 is 14.8 Å². The number of alkyl halides is 3. The zero-order valence-electron chi connectivity index (χ0n) is 12.0. The SMILES string of the molecule is CCCNC(C)c1ccc(OCOCC(F)(F)F)c(F)c1. The largest absolute Gasteiger partial charge is 0.464 e. The first-order chi connectivity index (χ1) is 9.83. The Labute approximate surface area is 121 Å². The molecule has 1 atom stereocenters. The topological polar surface area (TPSA) is 30.5 Å². The summed E-state index contributed by atoms with van der Waals surface area (Å²) in [5, 5.41) is 3.21. The molecule has 21 heavy (non-hydrogen) atoms. The predicted octanol–water partition coefficient (Wildman–Crippen LogP) is 3.80. The first-order valence-electron chi connectivity index (χ1n) is 6.63. The first kappa shape index (κ1) is 17.7. The van der Waals surface area contributed by atoms with Crippen molar-refractivity contribution < 1.29 is 27.0 Å². The van der Waals surface area contributed by atoms with Crippen molar-refractivity contribution in [2.45, 2.75) is 32.5 Å². The summed E-state index contributed by atoms with van der Waals surface area (Å²) in [6.45, 7) is 2.66. The van der Waals surface area contributed by atoms with E-state index in [-0.39, 0.29) is 11.8 Å². The fourth-order valence-electron chi connectivity index (χ4n) is 1.64. The van der Waals surface area contributed by atoms with E-state index < -0.39 is 25.4 Å². The summed E-state index contributed by atoms with van der Waals surface area (Å²) in [6.07, 6.45) is -3.46. The van der Waals surface area contributed by atoms with Crippen LogP contribution in [0.1, 0.15) is 31.9 Å². The van der Waals surface area contributed by atoms with Crippen molar-refractivity contribution in [3.8, 4) is 5.75 Å². The molecular weight excluding hydrogens is 290 g/mol. The zero-order chi connectivity index (χ0) is 15.9. The Bertz CT molecular complexity index is 437. The highest BCUT2D eigenvalue weighted by Crippen LogP contribution is 2.22. The molecule has 0 aliphatic heterocycles. The van der Waals surface area contributed by atoms with Gasteiger partial charge in [0, 0.05) is 6.04 Å². The minimum absolute atomic E-state index is 0.0185. The quantitative estimate of drug-likeness (QED) is 0.450. The monoisotopic (exact) mass is 309 g/mol. The van der Waals surface area contributed by atoms with Crippen LogP contribution in [-0.4, -0.2) is 26.1 Å². The number of hydrogen-bond acceptors (Lipinski definition) is 3. The van der Waals surface area contributed by atoms with Crippen LogP contribution in [0.15, 0.2) is 18.2 Å². The lowest BCUT2D eigenvalue weighted by atomic mass is 10.1. The van der Waals surface area contributed by atoms with Gasteiger partial charge in [0.05, 0.1) is 0 Å². The van der Waals surface area contributed by atoms with Crippen molar-refractivity contribution in [3.05, 3.63) is 29.6 Å². The summed E-state index contributed by atoms with van der Waals surface area (Å²) in [5.41, 5.74) is 0.740. The molecule has 1 N–H and O–H groups in total. The van der Waals surface area contributed by atoms with Crippen molar-refractivity contribution in [1.29, 1.82) is 0 Å². The second kappa shape index (κ2) is 8.19. The van der Waals surface area contributed by atoms with Crippen molar-refractivity contribution >= 4 is 0 Å². The highest BCUT2D eigenvalue weighted by molar-refractivity contribution is 5.30. The standard InChI is InChI=1S/C14H19F4NO2/c1-3-6-19-10(2)11-4-5-13(12(15)7-11)21-9-20-8-14(16,17)18/h4-5,7,10,19H,3,6,8-9H2,1-2H3. The molecule has 120 valence electrons. The van der Waals surface area contributed by atoms with Gasteiger partial charge in [0.25, 0.3) is 0 Å². The van der Waals surface area contributed by atoms with E-state index in [1.807, 2.05) is 13.8 Å². The Hall–Kier alpha value is -1.34. The molecule has 0 saturated carbocycles. The fourth-order valence-corrected chi connectivity index (χ4v) is 1.64. The molecule has 1 unspecified atom stereocenters. The van der Waals surface area contributed by atoms with Gasteiger partial charge in [-0.05, 0) is 37.6 Å². The van der Waals surface area contributed by atoms with Gasteiger partial charge in [-0.3, -0.25) is 0 Å². The number of rotatable bonds is 8. The van der Waals surface area contributed by atoms with Crippen LogP contribution in [0.25, 0.3) is 0 Å². The molecule has 0 spiro atoms. The van der Waals surface area contributed by atoms with Crippen LogP contribution in [0.5, 0.6) is 5.75 Å². The summed E-state index contributed by atoms with van der Waals surface area (Å²) < 4.78 is 58.4. The van der Waals surface area contributed by atoms with Crippen LogP contribution < -0.4 is 10.1 Å². The summed E-state index contributed by atoms with van der Waals surface area (Å²) in [6, 6.07) is 4.32. The summed E-state index contributed by atoms with van der Waals surface area (Å²) in [4.78, 5) is 0. The average Bonchev–Trinajstić information content (AvgIpc) is 2.41. The van der Waals surface area contributed by atoms with Gasteiger partial charge in [-0.2, -0.15) is 13.2 Å². The van der Waals surface area contributed by atoms with Gasteiger partial charge in [-0.25, -0.2) is 4.39 Å². The van der Waals surface area contributed by atoms with Crippen LogP contribution in [0.2, 0.25) is 0 Å². The first-order valence-corrected chi connectivity index (χ1v) is 6.63. The highest BCUT2D eigenvalue weighted by Gasteiger charge is 2.27. The molecule has 1 aromatic carbocycles. The number of ether oxygens (including phenoxy) is 2. The van der Waals surface area contributed by atoms with Gasteiger partial charge in [-0.15, -0.1) is 0 Å². The third kappa shape index (κ3) is 6.77. The molecule has 1 aromatic rings. The number of benzene rings is 1. The fraction of sp³-hybridized carbons (Fsp3) is 0.571. The molecule has 7 heteroatoms. The Morgan fingerprint density at radius 2 is 2.00 bits per heavy atom. The Morgan fingerprint density at radius 3 is 2.57 bits per heavy atom. The summed E-state index contributed by atoms with van der Waals surface area (Å²) in [5.74, 6) is -0.767. The van der Waals surface area contributed by atoms with Crippen LogP contribution in [0.3, 0.4) is 0 Å². The van der Waals surface area contributed by atoms with Crippen molar-refractivity contribution in [2.75, 3.05) is 19.9 Å². The van der Waals surface area contributed by atoms with Crippen LogP contribution in [0.4, 0.5) is 17.6 Å². The molecule has 0 amide bonds. The minimum Gasteiger partial charge on any atom is -0.464 e. The van der Waals surface area contributed by atoms with E-state index in [0.717, 1.165) is 18.5 Å². The Kier molecular flexibility index (Phi) is 6.91. The number of hydrogen-bond donors (Lipinski definition) is 1. The maximum Gasteiger partial charge on any atom is 0.411 e. The third-order valence-electron chi connectivity index (χ3n) is 2.72. The van der Waals surface area contributed by atoms with Crippen molar-refractivity contribution in [1.82, 2.24) is 5.32 Å². The van der Waals surface area contributed by atoms with Gasteiger partial charge in [0.15, 0.2) is 18.4 Å². The second-order valence-electron chi connectivity index (χ2n) is 4.59.